The number of carbonyl (C=O) groups is 4. The predicted octanol–water partition coefficient (Wildman–Crippen LogP) is 16.1. The molecule has 6 rings (SSSR count). The lowest BCUT2D eigenvalue weighted by Gasteiger charge is -2.25. The number of Topliss-reactive ketones (excluding diaryl/α,β-unsaturated/α-hetero) is 1. The Morgan fingerprint density at radius 2 is 1.29 bits per heavy atom. The molecule has 3 amide bonds. The summed E-state index contributed by atoms with van der Waals surface area (Å²) in [5.74, 6) is 4.76. The normalized spacial score (nSPS) is 13.5. The number of nitrogens with zero attached hydrogens (tertiary/aromatic N) is 2. The van der Waals surface area contributed by atoms with Crippen molar-refractivity contribution in [1.29, 1.82) is 0 Å². The molecule has 1 aliphatic heterocycles. The van der Waals surface area contributed by atoms with E-state index in [0.717, 1.165) is 46.5 Å². The number of hydrazone groups is 1. The first kappa shape index (κ1) is 69.1. The fraction of sp³-hybridized carbons (Fsp3) is 0.453. The Kier molecular flexibility index (Phi) is 27.8. The minimum Gasteiger partial charge on any atom is -0.476 e. The summed E-state index contributed by atoms with van der Waals surface area (Å²) >= 11 is 25.0. The molecule has 0 saturated carbocycles. The first-order chi connectivity index (χ1) is 39.9. The maximum atomic E-state index is 13.3. The number of aryl methyl sites for hydroxylation is 3. The highest BCUT2D eigenvalue weighted by Crippen LogP contribution is 2.40. The zero-order chi connectivity index (χ0) is 61.6. The Morgan fingerprint density at radius 1 is 0.690 bits per heavy atom. The molecule has 456 valence electrons. The lowest BCUT2D eigenvalue weighted by molar-refractivity contribution is -0.140. The van der Waals surface area contributed by atoms with Crippen molar-refractivity contribution in [1.82, 2.24) is 5.32 Å². The zero-order valence-corrected chi connectivity index (χ0v) is 53.4. The molecule has 0 aliphatic carbocycles. The highest BCUT2D eigenvalue weighted by molar-refractivity contribution is 7.92. The third-order valence-electron chi connectivity index (χ3n) is 13.9. The fourth-order valence-electron chi connectivity index (χ4n) is 9.36. The molecule has 0 saturated heterocycles. The minimum atomic E-state index is -3.59. The number of amides is 3. The van der Waals surface area contributed by atoms with Gasteiger partial charge in [-0.2, -0.15) is 10.1 Å². The van der Waals surface area contributed by atoms with Crippen molar-refractivity contribution in [3.63, 3.8) is 0 Å². The zero-order valence-electron chi connectivity index (χ0n) is 49.6. The Bertz CT molecular complexity index is 3130. The molecule has 15 nitrogen and oxygen atoms in total. The lowest BCUT2D eigenvalue weighted by atomic mass is 9.87. The van der Waals surface area contributed by atoms with Crippen molar-refractivity contribution >= 4 is 103 Å². The van der Waals surface area contributed by atoms with E-state index in [9.17, 15) is 27.6 Å². The summed E-state index contributed by atoms with van der Waals surface area (Å²) < 4.78 is 40.2. The first-order valence-electron chi connectivity index (χ1n) is 28.9. The van der Waals surface area contributed by atoms with Gasteiger partial charge in [0.1, 0.15) is 23.3 Å². The van der Waals surface area contributed by atoms with Crippen LogP contribution >= 0.6 is 46.4 Å². The number of halogens is 4. The number of unbranched alkanes of at least 4 members (excludes halogenated alkanes) is 13. The van der Waals surface area contributed by atoms with Gasteiger partial charge in [-0.05, 0) is 99.8 Å². The van der Waals surface area contributed by atoms with Crippen LogP contribution in [0.5, 0.6) is 11.5 Å². The van der Waals surface area contributed by atoms with E-state index < -0.39 is 45.4 Å². The summed E-state index contributed by atoms with van der Waals surface area (Å²) in [6.45, 7) is 15.6. The Morgan fingerprint density at radius 3 is 1.86 bits per heavy atom. The number of anilines is 3. The smallest absolute Gasteiger partial charge is 0.273 e. The van der Waals surface area contributed by atoms with Gasteiger partial charge < -0.3 is 20.1 Å². The van der Waals surface area contributed by atoms with Crippen molar-refractivity contribution in [3.8, 4) is 11.5 Å². The van der Waals surface area contributed by atoms with Crippen LogP contribution in [-0.2, 0) is 34.0 Å². The average molecular weight is 1250 g/mol. The second-order valence-electron chi connectivity index (χ2n) is 22.2. The van der Waals surface area contributed by atoms with Crippen molar-refractivity contribution in [2.45, 2.75) is 170 Å². The minimum absolute atomic E-state index is 0.0158. The van der Waals surface area contributed by atoms with E-state index in [1.807, 2.05) is 58.0 Å². The number of hydrogen-bond acceptors (Lipinski definition) is 11. The molecule has 0 spiro atoms. The molecule has 5 aromatic rings. The molecule has 84 heavy (non-hydrogen) atoms. The number of hydrogen-bond donors (Lipinski definition) is 4. The van der Waals surface area contributed by atoms with Crippen LogP contribution < -0.4 is 35.7 Å². The topological polar surface area (TPSA) is 208 Å². The van der Waals surface area contributed by atoms with Crippen LogP contribution in [0.15, 0.2) is 102 Å². The highest BCUT2D eigenvalue weighted by atomic mass is 35.5. The van der Waals surface area contributed by atoms with Gasteiger partial charge in [-0.15, -0.1) is 0 Å². The maximum Gasteiger partial charge on any atom is 0.273 e. The molecule has 5 N–H and O–H groups in total. The molecular formula is C64H82Cl4N6O9S. The number of nitrogens with two attached hydrogens (primary N) is 1. The van der Waals surface area contributed by atoms with Gasteiger partial charge in [0, 0.05) is 22.5 Å². The standard InChI is InChI=1S/C36H55ClN2O5S.C28H27Cl3N4O4/c1-6-7-8-9-10-11-12-13-14-15-16-17-18-19-26-45(42,43)39-29-22-25-31(37)32(27-29)38-35(41)33(34(40)36(3,4)5)44-30-23-20-28(2)21-24-30;1-4-33-28(37)27(20-9-8-15(2)10-16(20)3)38-19-7-5-6-17(11-19)26(39-32)23-14-24(36)35(34-23)25-21(30)12-18(29)13-22(25)31/h20-25,27,33,39H,6-19,26H2,1-5H3,(H,38,41);5-13,26-27H,4,14,32H2,1-3H3,(H,33,37). The first-order valence-corrected chi connectivity index (χ1v) is 32.0. The van der Waals surface area contributed by atoms with Gasteiger partial charge in [-0.25, -0.2) is 14.3 Å². The molecule has 20 heteroatoms. The monoisotopic (exact) mass is 1250 g/mol. The summed E-state index contributed by atoms with van der Waals surface area (Å²) in [6.07, 6.45) is 13.5. The van der Waals surface area contributed by atoms with Crippen LogP contribution in [0.3, 0.4) is 0 Å². The predicted molar refractivity (Wildman–Crippen MR) is 341 cm³/mol. The van der Waals surface area contributed by atoms with Crippen molar-refractivity contribution < 1.29 is 41.9 Å². The molecule has 1 aliphatic rings. The van der Waals surface area contributed by atoms with Gasteiger partial charge in [-0.3, -0.25) is 28.7 Å². The number of nitrogens with one attached hydrogen (secondary N) is 3. The largest absolute Gasteiger partial charge is 0.476 e. The van der Waals surface area contributed by atoms with Gasteiger partial charge in [0.2, 0.25) is 22.2 Å². The molecule has 0 bridgehead atoms. The summed E-state index contributed by atoms with van der Waals surface area (Å²) in [5.41, 5.74) is 4.53. The Balaban J connectivity index is 0.000000310. The summed E-state index contributed by atoms with van der Waals surface area (Å²) in [7, 11) is -3.59. The molecule has 0 aromatic heterocycles. The van der Waals surface area contributed by atoms with Gasteiger partial charge in [-0.1, -0.05) is 211 Å². The lowest BCUT2D eigenvalue weighted by Crippen LogP contribution is -2.45. The van der Waals surface area contributed by atoms with E-state index in [1.165, 1.54) is 88.5 Å². The highest BCUT2D eigenvalue weighted by Gasteiger charge is 2.38. The van der Waals surface area contributed by atoms with Crippen LogP contribution in [0.1, 0.15) is 171 Å². The van der Waals surface area contributed by atoms with E-state index in [0.29, 0.717) is 40.8 Å². The maximum absolute atomic E-state index is 13.3. The number of benzene rings is 5. The molecule has 0 fully saturated rings. The van der Waals surface area contributed by atoms with Crippen molar-refractivity contribution in [2.24, 2.45) is 16.4 Å². The van der Waals surface area contributed by atoms with Crippen LogP contribution in [-0.4, -0.2) is 56.0 Å². The van der Waals surface area contributed by atoms with Crippen LogP contribution in [0.4, 0.5) is 17.1 Å². The molecule has 0 radical (unpaired) electrons. The number of carbonyl (C=O) groups excluding carboxylic acids is 4. The quantitative estimate of drug-likeness (QED) is 0.0187. The number of ether oxygens (including phenoxy) is 2. The Hall–Kier alpha value is -5.72. The third-order valence-corrected chi connectivity index (χ3v) is 16.4. The molecule has 3 atom stereocenters. The van der Waals surface area contributed by atoms with Crippen molar-refractivity contribution in [3.05, 3.63) is 145 Å². The number of sulfonamides is 1. The fourth-order valence-corrected chi connectivity index (χ4v) is 11.7. The van der Waals surface area contributed by atoms with Gasteiger partial charge in [0.25, 0.3) is 17.7 Å². The summed E-state index contributed by atoms with van der Waals surface area (Å²) in [6, 6.07) is 27.3. The number of ketones is 1. The van der Waals surface area contributed by atoms with Gasteiger partial charge >= 0.3 is 0 Å². The van der Waals surface area contributed by atoms with Crippen LogP contribution in [0.2, 0.25) is 20.1 Å². The van der Waals surface area contributed by atoms with Crippen LogP contribution in [0, 0.1) is 26.2 Å². The Labute approximate surface area is 517 Å². The van der Waals surface area contributed by atoms with E-state index >= 15 is 0 Å². The van der Waals surface area contributed by atoms with E-state index in [2.05, 4.69) is 27.4 Å². The molecule has 3 unspecified atom stereocenters. The van der Waals surface area contributed by atoms with E-state index in [4.69, 9.17) is 66.6 Å². The summed E-state index contributed by atoms with van der Waals surface area (Å²) in [5, 5.41) is 11.9. The number of likely N-dealkylation sites (N-methyl/N-ethyl adjacent to an activating group) is 1. The molecular weight excluding hydrogens is 1170 g/mol. The molecule has 5 aromatic carbocycles. The van der Waals surface area contributed by atoms with Gasteiger partial charge in [0.15, 0.2) is 5.78 Å². The van der Waals surface area contributed by atoms with Crippen molar-refractivity contribution in [2.75, 3.05) is 27.3 Å². The van der Waals surface area contributed by atoms with Gasteiger partial charge in [0.05, 0.1) is 44.3 Å². The van der Waals surface area contributed by atoms with E-state index in [1.54, 1.807) is 63.2 Å². The summed E-state index contributed by atoms with van der Waals surface area (Å²) in [4.78, 5) is 57.6. The van der Waals surface area contributed by atoms with Crippen LogP contribution in [0.25, 0.3) is 0 Å². The van der Waals surface area contributed by atoms with E-state index in [-0.39, 0.29) is 56.1 Å². The average Bonchev–Trinajstić information content (AvgIpc) is 2.73. The second-order valence-corrected chi connectivity index (χ2v) is 25.7. The second kappa shape index (κ2) is 33.8. The number of rotatable bonds is 31. The third kappa shape index (κ3) is 21.7. The SMILES string of the molecule is CCCCCCCCCCCCCCCCS(=O)(=O)Nc1ccc(Cl)c(NC(=O)C(Oc2ccc(C)cc2)C(=O)C(C)(C)C)c1.CCNC(=O)C(Oc1cccc(C(ON)C2=NN(c3c(Cl)cc(Cl)cc3Cl)C(=O)C2)c1)c1ccc(C)cc1C. The molecule has 1 heterocycles.